The van der Waals surface area contributed by atoms with Gasteiger partial charge in [-0.05, 0) is 94.6 Å². The number of fused-ring (bicyclic) bond motifs is 6. The molecule has 3 aliphatic carbocycles. The van der Waals surface area contributed by atoms with Crippen LogP contribution in [0, 0.1) is 40.4 Å². The predicted molar refractivity (Wildman–Crippen MR) is 193 cm³/mol. The molecule has 272 valence electrons. The maximum Gasteiger partial charge on any atom is 0.233 e. The number of unbranched alkanes of at least 4 members (excludes halogenated alkanes) is 1. The Labute approximate surface area is 294 Å². The van der Waals surface area contributed by atoms with Gasteiger partial charge in [-0.15, -0.1) is 0 Å². The highest BCUT2D eigenvalue weighted by Crippen LogP contribution is 2.57. The fourth-order valence-corrected chi connectivity index (χ4v) is 10.4. The average Bonchev–Trinajstić information content (AvgIpc) is 3.78. The molecule has 8 nitrogen and oxygen atoms in total. The number of amides is 4. The Kier molecular flexibility index (Phi) is 12.6. The Hall–Kier alpha value is -1.90. The van der Waals surface area contributed by atoms with Crippen LogP contribution in [0.3, 0.4) is 0 Å². The number of carbonyl (C=O) groups excluding carboxylic acids is 5. The van der Waals surface area contributed by atoms with E-state index in [1.54, 1.807) is 0 Å². The lowest BCUT2D eigenvalue weighted by Gasteiger charge is -2.31. The second-order valence-electron chi connectivity index (χ2n) is 18.7. The molecule has 7 unspecified atom stereocenters. The first-order valence-electron chi connectivity index (χ1n) is 18.9. The standard InChI is InChI=1S/C16H27NO2S.C13H19NO2.C10H19NO/c1-16(2,3)9-12(18)6-4-5-7-13-15-11(10-20-13)8-14(19)17-15;1-13(2,3)14-11(15)9-7-4-5-8(6-7)10(9)12(14)16;1-10(2,3)9(12)11-8-6-4-5-7-8/h11,13,15H,4-10H2,1-3H3,(H,17,19);7-10H,4-6H2,1-3H3;8H,4-7H2,1-3H3,(H,11,12). The summed E-state index contributed by atoms with van der Waals surface area (Å²) in [7, 11) is 0. The molecule has 6 rings (SSSR count). The van der Waals surface area contributed by atoms with E-state index in [-0.39, 0.29) is 51.8 Å². The third-order valence-electron chi connectivity index (χ3n) is 11.1. The molecule has 0 spiro atoms. The molecular formula is C39H65N3O5S. The molecule has 48 heavy (non-hydrogen) atoms. The highest BCUT2D eigenvalue weighted by atomic mass is 32.2. The molecule has 0 radical (unpaired) electrons. The minimum Gasteiger partial charge on any atom is -0.353 e. The lowest BCUT2D eigenvalue weighted by Crippen LogP contribution is -2.46. The topological polar surface area (TPSA) is 113 Å². The summed E-state index contributed by atoms with van der Waals surface area (Å²) >= 11 is 2.01. The van der Waals surface area contributed by atoms with Gasteiger partial charge < -0.3 is 10.6 Å². The fourth-order valence-electron chi connectivity index (χ4n) is 8.79. The second-order valence-corrected chi connectivity index (χ2v) is 20.0. The van der Waals surface area contributed by atoms with Crippen LogP contribution in [0.1, 0.15) is 146 Å². The number of nitrogens with zero attached hydrogens (tertiary/aromatic N) is 1. The average molecular weight is 688 g/mol. The minimum atomic E-state index is -0.349. The van der Waals surface area contributed by atoms with E-state index in [1.165, 1.54) is 30.6 Å². The number of ketones is 1. The molecule has 7 atom stereocenters. The lowest BCUT2D eigenvalue weighted by atomic mass is 9.81. The summed E-state index contributed by atoms with van der Waals surface area (Å²) in [5, 5.41) is 6.77. The van der Waals surface area contributed by atoms with E-state index in [0.717, 1.165) is 57.1 Å². The van der Waals surface area contributed by atoms with Gasteiger partial charge in [-0.25, -0.2) is 0 Å². The van der Waals surface area contributed by atoms with Gasteiger partial charge in [0, 0.05) is 47.6 Å². The van der Waals surface area contributed by atoms with Crippen LogP contribution < -0.4 is 10.6 Å². The van der Waals surface area contributed by atoms with Crippen LogP contribution in [-0.4, -0.2) is 62.9 Å². The Morgan fingerprint density at radius 3 is 1.94 bits per heavy atom. The molecule has 2 N–H and O–H groups in total. The molecule has 3 saturated carbocycles. The van der Waals surface area contributed by atoms with Crippen LogP contribution in [0.5, 0.6) is 0 Å². The van der Waals surface area contributed by atoms with Gasteiger partial charge in [0.15, 0.2) is 0 Å². The summed E-state index contributed by atoms with van der Waals surface area (Å²) in [6.45, 7) is 18.1. The first-order valence-corrected chi connectivity index (χ1v) is 19.9. The zero-order chi connectivity index (χ0) is 35.6. The van der Waals surface area contributed by atoms with Gasteiger partial charge in [0.25, 0.3) is 0 Å². The molecule has 0 aromatic carbocycles. The predicted octanol–water partition coefficient (Wildman–Crippen LogP) is 7.08. The van der Waals surface area contributed by atoms with Gasteiger partial charge >= 0.3 is 0 Å². The number of imide groups is 1. The summed E-state index contributed by atoms with van der Waals surface area (Å²) < 4.78 is 0. The minimum absolute atomic E-state index is 0.0328. The van der Waals surface area contributed by atoms with Crippen molar-refractivity contribution in [2.75, 3.05) is 5.75 Å². The van der Waals surface area contributed by atoms with Gasteiger partial charge in [0.2, 0.25) is 23.6 Å². The van der Waals surface area contributed by atoms with E-state index in [2.05, 4.69) is 31.4 Å². The summed E-state index contributed by atoms with van der Waals surface area (Å²) in [5.74, 6) is 3.76. The number of thioether (sulfide) groups is 1. The third kappa shape index (κ3) is 9.87. The van der Waals surface area contributed by atoms with Crippen molar-refractivity contribution < 1.29 is 24.0 Å². The molecule has 3 saturated heterocycles. The van der Waals surface area contributed by atoms with Crippen LogP contribution in [-0.2, 0) is 24.0 Å². The van der Waals surface area contributed by atoms with Crippen molar-refractivity contribution in [3.05, 3.63) is 0 Å². The summed E-state index contributed by atoms with van der Waals surface area (Å²) in [6, 6.07) is 0.856. The van der Waals surface area contributed by atoms with E-state index in [9.17, 15) is 24.0 Å². The molecule has 3 aliphatic heterocycles. The van der Waals surface area contributed by atoms with Crippen molar-refractivity contribution in [2.24, 2.45) is 40.4 Å². The largest absolute Gasteiger partial charge is 0.353 e. The zero-order valence-corrected chi connectivity index (χ0v) is 32.2. The summed E-state index contributed by atoms with van der Waals surface area (Å²) in [5.41, 5.74) is -0.472. The third-order valence-corrected chi connectivity index (χ3v) is 12.7. The summed E-state index contributed by atoms with van der Waals surface area (Å²) in [6.07, 6.45) is 13.7. The van der Waals surface area contributed by atoms with E-state index in [4.69, 9.17) is 0 Å². The molecule has 3 heterocycles. The maximum absolute atomic E-state index is 12.3. The Morgan fingerprint density at radius 2 is 1.42 bits per heavy atom. The fraction of sp³-hybridized carbons (Fsp3) is 0.872. The van der Waals surface area contributed by atoms with E-state index in [0.29, 0.717) is 47.3 Å². The van der Waals surface area contributed by atoms with Crippen molar-refractivity contribution >= 4 is 41.2 Å². The number of rotatable bonds is 7. The van der Waals surface area contributed by atoms with Crippen LogP contribution in [0.2, 0.25) is 0 Å². The number of likely N-dealkylation sites (tertiary alicyclic amines) is 1. The van der Waals surface area contributed by atoms with Crippen LogP contribution in [0.4, 0.5) is 0 Å². The zero-order valence-electron chi connectivity index (χ0n) is 31.4. The lowest BCUT2D eigenvalue weighted by molar-refractivity contribution is -0.146. The van der Waals surface area contributed by atoms with Gasteiger partial charge in [0.05, 0.1) is 11.8 Å². The highest BCUT2D eigenvalue weighted by molar-refractivity contribution is 8.00. The number of hydrogen-bond acceptors (Lipinski definition) is 6. The number of Topliss-reactive ketones (excluding diaryl/α,β-unsaturated/α-hetero) is 1. The maximum atomic E-state index is 12.3. The molecular weight excluding hydrogens is 623 g/mol. The first kappa shape index (κ1) is 38.9. The summed E-state index contributed by atoms with van der Waals surface area (Å²) in [4.78, 5) is 60.9. The Balaban J connectivity index is 0.000000168. The molecule has 0 aromatic heterocycles. The first-order chi connectivity index (χ1) is 22.3. The van der Waals surface area contributed by atoms with Crippen molar-refractivity contribution in [3.8, 4) is 0 Å². The van der Waals surface area contributed by atoms with Gasteiger partial charge in [-0.3, -0.25) is 28.9 Å². The SMILES string of the molecule is CC(C)(C)C(=O)NC1CCCC1.CC(C)(C)CC(=O)CCCCC1SCC2CC(=O)NC21.CC(C)(C)N1C(=O)C2C3CCC(C3)C2C1=O. The monoisotopic (exact) mass is 687 g/mol. The highest BCUT2D eigenvalue weighted by Gasteiger charge is 2.62. The van der Waals surface area contributed by atoms with Crippen LogP contribution in [0.15, 0.2) is 0 Å². The van der Waals surface area contributed by atoms with Crippen molar-refractivity contribution in [3.63, 3.8) is 0 Å². The smallest absolute Gasteiger partial charge is 0.233 e. The van der Waals surface area contributed by atoms with Crippen LogP contribution in [0.25, 0.3) is 0 Å². The van der Waals surface area contributed by atoms with Crippen molar-refractivity contribution in [1.29, 1.82) is 0 Å². The van der Waals surface area contributed by atoms with Gasteiger partial charge in [0.1, 0.15) is 5.78 Å². The molecule has 0 aromatic rings. The second kappa shape index (κ2) is 15.6. The Bertz CT molecular complexity index is 1160. The van der Waals surface area contributed by atoms with E-state index < -0.39 is 0 Å². The van der Waals surface area contributed by atoms with Crippen molar-refractivity contribution in [1.82, 2.24) is 15.5 Å². The van der Waals surface area contributed by atoms with Crippen molar-refractivity contribution in [2.45, 2.75) is 169 Å². The number of nitrogens with one attached hydrogen (secondary N) is 2. The Morgan fingerprint density at radius 1 is 0.833 bits per heavy atom. The number of carbonyl (C=O) groups is 5. The molecule has 4 amide bonds. The molecule has 6 fully saturated rings. The molecule has 2 bridgehead atoms. The van der Waals surface area contributed by atoms with Gasteiger partial charge in [-0.1, -0.05) is 60.8 Å². The van der Waals surface area contributed by atoms with Gasteiger partial charge in [-0.2, -0.15) is 11.8 Å². The quantitative estimate of drug-likeness (QED) is 0.219. The molecule has 6 aliphatic rings. The normalized spacial score (nSPS) is 31.1. The van der Waals surface area contributed by atoms with Crippen LogP contribution >= 0.6 is 11.8 Å². The van der Waals surface area contributed by atoms with E-state index in [1.807, 2.05) is 53.3 Å². The number of hydrogen-bond donors (Lipinski definition) is 2. The van der Waals surface area contributed by atoms with E-state index >= 15 is 0 Å². The molecule has 9 heteroatoms.